The van der Waals surface area contributed by atoms with Crippen molar-refractivity contribution in [2.45, 2.75) is 20.4 Å². The van der Waals surface area contributed by atoms with Crippen molar-refractivity contribution < 1.29 is 9.53 Å². The highest BCUT2D eigenvalue weighted by molar-refractivity contribution is 6.34. The molecule has 1 saturated heterocycles. The van der Waals surface area contributed by atoms with Gasteiger partial charge >= 0.3 is 0 Å². The molecule has 1 N–H and O–H groups in total. The summed E-state index contributed by atoms with van der Waals surface area (Å²) in [5, 5.41) is 8.96. The van der Waals surface area contributed by atoms with E-state index in [-0.39, 0.29) is 23.1 Å². The van der Waals surface area contributed by atoms with Gasteiger partial charge in [0.1, 0.15) is 0 Å². The Morgan fingerprint density at radius 3 is 2.55 bits per heavy atom. The highest BCUT2D eigenvalue weighted by Gasteiger charge is 2.22. The van der Waals surface area contributed by atoms with Crippen molar-refractivity contribution in [3.8, 4) is 0 Å². The van der Waals surface area contributed by atoms with E-state index in [0.29, 0.717) is 54.3 Å². The van der Waals surface area contributed by atoms with E-state index in [2.05, 4.69) is 15.3 Å². The van der Waals surface area contributed by atoms with Gasteiger partial charge in [-0.1, -0.05) is 49.7 Å². The van der Waals surface area contributed by atoms with Gasteiger partial charge in [0.05, 0.1) is 35.0 Å². The molecule has 162 valence electrons. The van der Waals surface area contributed by atoms with Crippen LogP contribution in [0.3, 0.4) is 0 Å². The molecule has 0 atom stereocenters. The fourth-order valence-electron chi connectivity index (χ4n) is 3.78. The number of anilines is 2. The van der Waals surface area contributed by atoms with Crippen LogP contribution < -0.4 is 15.8 Å². The molecule has 7 nitrogen and oxygen atoms in total. The van der Waals surface area contributed by atoms with Gasteiger partial charge < -0.3 is 15.0 Å². The number of hydrogen-bond donors (Lipinski definition) is 1. The lowest BCUT2D eigenvalue weighted by Gasteiger charge is -2.31. The van der Waals surface area contributed by atoms with Crippen LogP contribution in [0.15, 0.2) is 47.3 Å². The molecular formula is C23H25ClN4O3. The lowest BCUT2D eigenvalue weighted by atomic mass is 10.1. The second-order valence-electron chi connectivity index (χ2n) is 7.96. The summed E-state index contributed by atoms with van der Waals surface area (Å²) in [6.07, 6.45) is 0. The molecule has 4 rings (SSSR count). The summed E-state index contributed by atoms with van der Waals surface area (Å²) >= 11 is 6.50. The summed E-state index contributed by atoms with van der Waals surface area (Å²) in [5.74, 6) is -0.173. The molecule has 31 heavy (non-hydrogen) atoms. The van der Waals surface area contributed by atoms with Crippen molar-refractivity contribution >= 4 is 39.7 Å². The van der Waals surface area contributed by atoms with Crippen molar-refractivity contribution in [3.63, 3.8) is 0 Å². The van der Waals surface area contributed by atoms with Gasteiger partial charge in [0.25, 0.3) is 11.5 Å². The van der Waals surface area contributed by atoms with Gasteiger partial charge in [-0.05, 0) is 24.1 Å². The quantitative estimate of drug-likeness (QED) is 0.653. The fourth-order valence-corrected chi connectivity index (χ4v) is 4.07. The zero-order valence-corrected chi connectivity index (χ0v) is 18.4. The lowest BCUT2D eigenvalue weighted by Crippen LogP contribution is -2.37. The number of carbonyl (C=O) groups is 1. The molecule has 0 spiro atoms. The molecule has 0 unspecified atom stereocenters. The van der Waals surface area contributed by atoms with Crippen LogP contribution in [0.4, 0.5) is 11.4 Å². The number of para-hydroxylation sites is 1. The zero-order chi connectivity index (χ0) is 22.0. The molecule has 8 heteroatoms. The number of carbonyl (C=O) groups excluding carboxylic acids is 1. The third kappa shape index (κ3) is 4.43. The number of aromatic nitrogens is 2. The minimum absolute atomic E-state index is 0.197. The molecule has 1 fully saturated rings. The Kier molecular flexibility index (Phi) is 6.25. The van der Waals surface area contributed by atoms with Gasteiger partial charge in [0.2, 0.25) is 0 Å². The Labute approximate surface area is 185 Å². The van der Waals surface area contributed by atoms with Crippen LogP contribution in [0.2, 0.25) is 5.02 Å². The SMILES string of the molecule is CC(C)Cn1nc(C(=O)Nc2cccc(Cl)c2N2CCOCC2)c2ccccc2c1=O. The molecular weight excluding hydrogens is 416 g/mol. The first-order chi connectivity index (χ1) is 15.0. The van der Waals surface area contributed by atoms with Gasteiger partial charge in [0.15, 0.2) is 5.69 Å². The first-order valence-corrected chi connectivity index (χ1v) is 10.8. The van der Waals surface area contributed by atoms with Crippen molar-refractivity contribution in [2.24, 2.45) is 5.92 Å². The number of amides is 1. The van der Waals surface area contributed by atoms with Gasteiger partial charge in [-0.25, -0.2) is 4.68 Å². The van der Waals surface area contributed by atoms with Gasteiger partial charge in [-0.15, -0.1) is 0 Å². The standard InChI is InChI=1S/C23H25ClN4O3/c1-15(2)14-28-23(30)17-7-4-3-6-16(17)20(26-28)22(29)25-19-9-5-8-18(24)21(19)27-10-12-31-13-11-27/h3-9,15H,10-14H2,1-2H3,(H,25,29). The number of benzene rings is 2. The maximum absolute atomic E-state index is 13.3. The molecule has 1 amide bonds. The summed E-state index contributed by atoms with van der Waals surface area (Å²) < 4.78 is 6.82. The minimum atomic E-state index is -0.384. The monoisotopic (exact) mass is 440 g/mol. The second-order valence-corrected chi connectivity index (χ2v) is 8.37. The highest BCUT2D eigenvalue weighted by atomic mass is 35.5. The molecule has 3 aromatic rings. The third-order valence-corrected chi connectivity index (χ3v) is 5.49. The van der Waals surface area contributed by atoms with Crippen LogP contribution in [0.5, 0.6) is 0 Å². The van der Waals surface area contributed by atoms with E-state index in [0.717, 1.165) is 5.69 Å². The van der Waals surface area contributed by atoms with Crippen molar-refractivity contribution in [1.29, 1.82) is 0 Å². The number of rotatable bonds is 5. The van der Waals surface area contributed by atoms with Crippen molar-refractivity contribution in [2.75, 3.05) is 36.5 Å². The molecule has 2 aromatic carbocycles. The summed E-state index contributed by atoms with van der Waals surface area (Å²) in [4.78, 5) is 28.3. The van der Waals surface area contributed by atoms with E-state index in [1.807, 2.05) is 19.9 Å². The Morgan fingerprint density at radius 2 is 1.84 bits per heavy atom. The predicted octanol–water partition coefficient (Wildman–Crippen LogP) is 3.79. The molecule has 1 aromatic heterocycles. The van der Waals surface area contributed by atoms with E-state index in [1.165, 1.54) is 4.68 Å². The molecule has 0 radical (unpaired) electrons. The van der Waals surface area contributed by atoms with E-state index >= 15 is 0 Å². The second kappa shape index (κ2) is 9.08. The molecule has 0 aliphatic carbocycles. The minimum Gasteiger partial charge on any atom is -0.378 e. The normalized spacial score (nSPS) is 14.3. The van der Waals surface area contributed by atoms with Crippen LogP contribution in [0, 0.1) is 5.92 Å². The number of fused-ring (bicyclic) bond motifs is 1. The van der Waals surface area contributed by atoms with Crippen molar-refractivity contribution in [1.82, 2.24) is 9.78 Å². The molecule has 1 aliphatic heterocycles. The van der Waals surface area contributed by atoms with Crippen LogP contribution in [-0.4, -0.2) is 42.0 Å². The average molecular weight is 441 g/mol. The zero-order valence-electron chi connectivity index (χ0n) is 17.6. The van der Waals surface area contributed by atoms with Crippen LogP contribution in [-0.2, 0) is 11.3 Å². The molecule has 0 saturated carbocycles. The third-order valence-electron chi connectivity index (χ3n) is 5.18. The van der Waals surface area contributed by atoms with Crippen LogP contribution in [0.1, 0.15) is 24.3 Å². The smallest absolute Gasteiger partial charge is 0.276 e. The van der Waals surface area contributed by atoms with E-state index in [4.69, 9.17) is 16.3 Å². The van der Waals surface area contributed by atoms with Gasteiger partial charge in [-0.2, -0.15) is 5.10 Å². The Morgan fingerprint density at radius 1 is 1.13 bits per heavy atom. The number of morpholine rings is 1. The first-order valence-electron chi connectivity index (χ1n) is 10.4. The molecule has 0 bridgehead atoms. The number of hydrogen-bond acceptors (Lipinski definition) is 5. The number of nitrogens with one attached hydrogen (secondary N) is 1. The largest absolute Gasteiger partial charge is 0.378 e. The summed E-state index contributed by atoms with van der Waals surface area (Å²) in [6, 6.07) is 12.5. The van der Waals surface area contributed by atoms with Crippen molar-refractivity contribution in [3.05, 3.63) is 63.5 Å². The van der Waals surface area contributed by atoms with E-state index < -0.39 is 0 Å². The maximum Gasteiger partial charge on any atom is 0.276 e. The van der Waals surface area contributed by atoms with E-state index in [1.54, 1.807) is 36.4 Å². The maximum atomic E-state index is 13.3. The topological polar surface area (TPSA) is 76.5 Å². The van der Waals surface area contributed by atoms with Crippen LogP contribution >= 0.6 is 11.6 Å². The summed E-state index contributed by atoms with van der Waals surface area (Å²) in [5.41, 5.74) is 1.38. The average Bonchev–Trinajstić information content (AvgIpc) is 2.76. The number of ether oxygens (including phenoxy) is 1. The van der Waals surface area contributed by atoms with E-state index in [9.17, 15) is 9.59 Å². The lowest BCUT2D eigenvalue weighted by molar-refractivity contribution is 0.102. The summed E-state index contributed by atoms with van der Waals surface area (Å²) in [7, 11) is 0. The Hall–Kier alpha value is -2.90. The molecule has 2 heterocycles. The highest BCUT2D eigenvalue weighted by Crippen LogP contribution is 2.34. The number of nitrogens with zero attached hydrogens (tertiary/aromatic N) is 3. The van der Waals surface area contributed by atoms with Gasteiger partial charge in [-0.3, -0.25) is 9.59 Å². The Balaban J connectivity index is 1.75. The summed E-state index contributed by atoms with van der Waals surface area (Å²) in [6.45, 7) is 7.02. The van der Waals surface area contributed by atoms with Gasteiger partial charge in [0, 0.05) is 25.0 Å². The Bertz CT molecular complexity index is 1170. The molecule has 1 aliphatic rings. The fraction of sp³-hybridized carbons (Fsp3) is 0.348. The predicted molar refractivity (Wildman–Crippen MR) is 123 cm³/mol. The number of halogens is 1. The van der Waals surface area contributed by atoms with Crippen LogP contribution in [0.25, 0.3) is 10.8 Å². The first kappa shape index (κ1) is 21.3.